The first-order chi connectivity index (χ1) is 7.59. The van der Waals surface area contributed by atoms with Gasteiger partial charge in [-0.2, -0.15) is 0 Å². The van der Waals surface area contributed by atoms with Crippen molar-refractivity contribution in [3.8, 4) is 0 Å². The van der Waals surface area contributed by atoms with Crippen LogP contribution in [0.5, 0.6) is 0 Å². The minimum absolute atomic E-state index is 0.0809. The molecule has 92 valence electrons. The van der Waals surface area contributed by atoms with Gasteiger partial charge in [-0.3, -0.25) is 9.79 Å². The minimum atomic E-state index is 0.0809. The van der Waals surface area contributed by atoms with Crippen molar-refractivity contribution >= 4 is 11.9 Å². The average Bonchev–Trinajstić information content (AvgIpc) is 2.70. The summed E-state index contributed by atoms with van der Waals surface area (Å²) in [6, 6.07) is 0.480. The fourth-order valence-electron chi connectivity index (χ4n) is 1.82. The summed E-state index contributed by atoms with van der Waals surface area (Å²) in [5.41, 5.74) is 5.73. The highest BCUT2D eigenvalue weighted by molar-refractivity contribution is 5.79. The van der Waals surface area contributed by atoms with Crippen molar-refractivity contribution in [1.29, 1.82) is 0 Å². The zero-order valence-electron chi connectivity index (χ0n) is 10.2. The van der Waals surface area contributed by atoms with E-state index in [1.807, 2.05) is 0 Å². The van der Waals surface area contributed by atoms with E-state index in [1.54, 1.807) is 19.0 Å². The number of amides is 1. The second-order valence-electron chi connectivity index (χ2n) is 4.43. The number of rotatable bonds is 4. The Balaban J connectivity index is 2.20. The van der Waals surface area contributed by atoms with Crippen LogP contribution in [0.3, 0.4) is 0 Å². The second-order valence-corrected chi connectivity index (χ2v) is 4.43. The molecule has 0 atom stereocenters. The van der Waals surface area contributed by atoms with Crippen molar-refractivity contribution in [3.63, 3.8) is 0 Å². The number of carbonyl (C=O) groups excluding carboxylic acids is 1. The zero-order valence-corrected chi connectivity index (χ0v) is 10.2. The van der Waals surface area contributed by atoms with Crippen LogP contribution < -0.4 is 11.1 Å². The van der Waals surface area contributed by atoms with Gasteiger partial charge in [0.2, 0.25) is 5.91 Å². The molecule has 1 fully saturated rings. The van der Waals surface area contributed by atoms with Gasteiger partial charge in [0.1, 0.15) is 0 Å². The third-order valence-electron chi connectivity index (χ3n) is 2.81. The fourth-order valence-corrected chi connectivity index (χ4v) is 1.82. The Morgan fingerprint density at radius 2 is 2.06 bits per heavy atom. The topological polar surface area (TPSA) is 70.7 Å². The summed E-state index contributed by atoms with van der Waals surface area (Å²) in [6.45, 7) is 0.461. The molecular formula is C11H22N4O. The van der Waals surface area contributed by atoms with E-state index >= 15 is 0 Å². The summed E-state index contributed by atoms with van der Waals surface area (Å²) in [5.74, 6) is 0.552. The molecule has 1 saturated carbocycles. The van der Waals surface area contributed by atoms with E-state index in [0.29, 0.717) is 25.0 Å². The van der Waals surface area contributed by atoms with Crippen LogP contribution in [0.15, 0.2) is 4.99 Å². The first-order valence-electron chi connectivity index (χ1n) is 5.86. The Kier molecular flexibility index (Phi) is 5.08. The number of aliphatic imine (C=N–C) groups is 1. The molecule has 0 aromatic carbocycles. The molecule has 0 unspecified atom stereocenters. The number of nitrogens with zero attached hydrogens (tertiary/aromatic N) is 2. The average molecular weight is 226 g/mol. The molecule has 5 heteroatoms. The lowest BCUT2D eigenvalue weighted by Gasteiger charge is -2.12. The molecule has 0 spiro atoms. The van der Waals surface area contributed by atoms with Crippen molar-refractivity contribution in [1.82, 2.24) is 10.2 Å². The van der Waals surface area contributed by atoms with E-state index < -0.39 is 0 Å². The number of nitrogens with two attached hydrogens (primary N) is 1. The minimum Gasteiger partial charge on any atom is -0.370 e. The van der Waals surface area contributed by atoms with E-state index in [0.717, 1.165) is 0 Å². The largest absolute Gasteiger partial charge is 0.370 e. The Hall–Kier alpha value is -1.26. The standard InChI is InChI=1S/C11H22N4O/c1-15(2)10(16)7-8-13-11(12)14-9-5-3-4-6-9/h9H,3-8H2,1-2H3,(H3,12,13,14). The first kappa shape index (κ1) is 12.8. The van der Waals surface area contributed by atoms with Crippen LogP contribution in [0, 0.1) is 0 Å². The third-order valence-corrected chi connectivity index (χ3v) is 2.81. The van der Waals surface area contributed by atoms with Crippen molar-refractivity contribution in [2.24, 2.45) is 10.7 Å². The number of carbonyl (C=O) groups is 1. The summed E-state index contributed by atoms with van der Waals surface area (Å²) in [7, 11) is 3.48. The Morgan fingerprint density at radius 3 is 2.62 bits per heavy atom. The summed E-state index contributed by atoms with van der Waals surface area (Å²) >= 11 is 0. The van der Waals surface area contributed by atoms with Crippen LogP contribution in [-0.2, 0) is 4.79 Å². The molecular weight excluding hydrogens is 204 g/mol. The third kappa shape index (κ3) is 4.51. The molecule has 0 heterocycles. The quantitative estimate of drug-likeness (QED) is 0.535. The highest BCUT2D eigenvalue weighted by Crippen LogP contribution is 2.17. The second kappa shape index (κ2) is 6.35. The molecule has 1 aliphatic rings. The molecule has 0 radical (unpaired) electrons. The summed E-state index contributed by atoms with van der Waals surface area (Å²) in [6.07, 6.45) is 5.30. The zero-order chi connectivity index (χ0) is 12.0. The fraction of sp³-hybridized carbons (Fsp3) is 0.818. The van der Waals surface area contributed by atoms with E-state index in [2.05, 4.69) is 10.3 Å². The Bertz CT molecular complexity index is 257. The van der Waals surface area contributed by atoms with E-state index in [1.165, 1.54) is 25.7 Å². The molecule has 3 N–H and O–H groups in total. The van der Waals surface area contributed by atoms with Crippen LogP contribution in [0.4, 0.5) is 0 Å². The molecule has 0 saturated heterocycles. The van der Waals surface area contributed by atoms with Crippen LogP contribution in [0.2, 0.25) is 0 Å². The lowest BCUT2D eigenvalue weighted by atomic mass is 10.2. The van der Waals surface area contributed by atoms with Crippen molar-refractivity contribution in [2.75, 3.05) is 20.6 Å². The maximum absolute atomic E-state index is 11.3. The van der Waals surface area contributed by atoms with Gasteiger partial charge in [-0.1, -0.05) is 12.8 Å². The smallest absolute Gasteiger partial charge is 0.223 e. The van der Waals surface area contributed by atoms with Gasteiger partial charge in [-0.05, 0) is 12.8 Å². The van der Waals surface area contributed by atoms with Gasteiger partial charge in [-0.25, -0.2) is 0 Å². The van der Waals surface area contributed by atoms with Crippen LogP contribution in [0.25, 0.3) is 0 Å². The molecule has 5 nitrogen and oxygen atoms in total. The highest BCUT2D eigenvalue weighted by Gasteiger charge is 2.14. The van der Waals surface area contributed by atoms with Gasteiger partial charge in [0.25, 0.3) is 0 Å². The maximum atomic E-state index is 11.3. The van der Waals surface area contributed by atoms with E-state index in [9.17, 15) is 4.79 Å². The van der Waals surface area contributed by atoms with Gasteiger partial charge in [-0.15, -0.1) is 0 Å². The van der Waals surface area contributed by atoms with E-state index in [4.69, 9.17) is 5.73 Å². The number of guanidine groups is 1. The maximum Gasteiger partial charge on any atom is 0.223 e. The Morgan fingerprint density at radius 1 is 1.44 bits per heavy atom. The van der Waals surface area contributed by atoms with Crippen molar-refractivity contribution < 1.29 is 4.79 Å². The number of hydrogen-bond donors (Lipinski definition) is 2. The van der Waals surface area contributed by atoms with Gasteiger partial charge < -0.3 is 16.0 Å². The van der Waals surface area contributed by atoms with Crippen LogP contribution in [0.1, 0.15) is 32.1 Å². The van der Waals surface area contributed by atoms with Crippen LogP contribution in [-0.4, -0.2) is 43.4 Å². The molecule has 1 rings (SSSR count). The summed E-state index contributed by atoms with van der Waals surface area (Å²) in [5, 5.41) is 3.18. The molecule has 0 aromatic rings. The van der Waals surface area contributed by atoms with Crippen molar-refractivity contribution in [3.05, 3.63) is 0 Å². The monoisotopic (exact) mass is 226 g/mol. The van der Waals surface area contributed by atoms with Crippen LogP contribution >= 0.6 is 0 Å². The lowest BCUT2D eigenvalue weighted by Crippen LogP contribution is -2.38. The predicted molar refractivity (Wildman–Crippen MR) is 65.2 cm³/mol. The highest BCUT2D eigenvalue weighted by atomic mass is 16.2. The molecule has 0 aliphatic heterocycles. The van der Waals surface area contributed by atoms with Gasteiger partial charge in [0.15, 0.2) is 5.96 Å². The molecule has 0 bridgehead atoms. The predicted octanol–water partition coefficient (Wildman–Crippen LogP) is 0.312. The first-order valence-corrected chi connectivity index (χ1v) is 5.86. The molecule has 16 heavy (non-hydrogen) atoms. The summed E-state index contributed by atoms with van der Waals surface area (Å²) in [4.78, 5) is 17.0. The van der Waals surface area contributed by atoms with Gasteiger partial charge in [0.05, 0.1) is 6.54 Å². The molecule has 0 aromatic heterocycles. The van der Waals surface area contributed by atoms with E-state index in [-0.39, 0.29) is 5.91 Å². The molecule has 1 amide bonds. The summed E-state index contributed by atoms with van der Waals surface area (Å²) < 4.78 is 0. The number of nitrogens with one attached hydrogen (secondary N) is 1. The molecule has 1 aliphatic carbocycles. The normalized spacial score (nSPS) is 17.5. The van der Waals surface area contributed by atoms with Gasteiger partial charge >= 0.3 is 0 Å². The SMILES string of the molecule is CN(C)C(=O)CCN=C(N)NC1CCCC1. The lowest BCUT2D eigenvalue weighted by molar-refractivity contribution is -0.128. The Labute approximate surface area is 97.1 Å². The van der Waals surface area contributed by atoms with Gasteiger partial charge in [0, 0.05) is 26.6 Å². The number of hydrogen-bond acceptors (Lipinski definition) is 2. The van der Waals surface area contributed by atoms with Crippen molar-refractivity contribution in [2.45, 2.75) is 38.1 Å².